The third-order valence-corrected chi connectivity index (χ3v) is 4.30. The lowest BCUT2D eigenvalue weighted by Gasteiger charge is -2.37. The van der Waals surface area contributed by atoms with Gasteiger partial charge in [0.25, 0.3) is 0 Å². The smallest absolute Gasteiger partial charge is 0.337 e. The highest BCUT2D eigenvalue weighted by molar-refractivity contribution is 8.00. The van der Waals surface area contributed by atoms with Gasteiger partial charge in [-0.3, -0.25) is 0 Å². The van der Waals surface area contributed by atoms with Crippen LogP contribution in [0.2, 0.25) is 0 Å². The number of hydrogen-bond acceptors (Lipinski definition) is 4. The Labute approximate surface area is 111 Å². The minimum Gasteiger partial charge on any atom is -0.478 e. The third kappa shape index (κ3) is 2.56. The molecule has 0 spiro atoms. The zero-order chi connectivity index (χ0) is 13.3. The molecule has 4 nitrogen and oxygen atoms in total. The molecule has 1 aliphatic heterocycles. The van der Waals surface area contributed by atoms with Crippen LogP contribution in [0.4, 0.5) is 11.4 Å². The van der Waals surface area contributed by atoms with E-state index in [2.05, 4.69) is 18.7 Å². The zero-order valence-electron chi connectivity index (χ0n) is 10.6. The van der Waals surface area contributed by atoms with Crippen molar-refractivity contribution in [1.29, 1.82) is 0 Å². The fourth-order valence-electron chi connectivity index (χ4n) is 2.39. The van der Waals surface area contributed by atoms with E-state index in [9.17, 15) is 4.79 Å². The first-order valence-corrected chi connectivity index (χ1v) is 6.95. The van der Waals surface area contributed by atoms with Gasteiger partial charge in [0.05, 0.1) is 16.9 Å². The Morgan fingerprint density at radius 1 is 1.39 bits per heavy atom. The number of rotatable bonds is 2. The molecule has 2 rings (SSSR count). The summed E-state index contributed by atoms with van der Waals surface area (Å²) < 4.78 is 0. The molecule has 0 bridgehead atoms. The number of carboxylic acids is 1. The number of carboxylic acid groups (broad SMARTS) is 1. The van der Waals surface area contributed by atoms with Crippen LogP contribution in [0.3, 0.4) is 0 Å². The quantitative estimate of drug-likeness (QED) is 0.804. The first-order valence-electron chi connectivity index (χ1n) is 6.01. The second kappa shape index (κ2) is 5.10. The number of nitrogen functional groups attached to an aromatic ring is 1. The number of carbonyl (C=O) groups is 1. The van der Waals surface area contributed by atoms with E-state index in [0.29, 0.717) is 16.2 Å². The van der Waals surface area contributed by atoms with Gasteiger partial charge >= 0.3 is 5.97 Å². The van der Waals surface area contributed by atoms with Crippen molar-refractivity contribution in [3.63, 3.8) is 0 Å². The van der Waals surface area contributed by atoms with Crippen LogP contribution in [-0.2, 0) is 0 Å². The van der Waals surface area contributed by atoms with E-state index in [1.165, 1.54) is 0 Å². The van der Waals surface area contributed by atoms with Gasteiger partial charge in [-0.1, -0.05) is 19.9 Å². The first kappa shape index (κ1) is 13.1. The van der Waals surface area contributed by atoms with Gasteiger partial charge in [0.2, 0.25) is 0 Å². The van der Waals surface area contributed by atoms with E-state index in [4.69, 9.17) is 10.8 Å². The molecule has 1 saturated heterocycles. The number of aromatic carboxylic acids is 1. The second-order valence-electron chi connectivity index (χ2n) is 4.71. The van der Waals surface area contributed by atoms with Crippen molar-refractivity contribution in [3.05, 3.63) is 23.8 Å². The number of hydrogen-bond donors (Lipinski definition) is 2. The van der Waals surface area contributed by atoms with Crippen molar-refractivity contribution in [3.8, 4) is 0 Å². The minimum atomic E-state index is -0.971. The molecular formula is C13H18N2O2S. The van der Waals surface area contributed by atoms with Crippen molar-refractivity contribution in [2.24, 2.45) is 0 Å². The van der Waals surface area contributed by atoms with E-state index in [0.717, 1.165) is 18.8 Å². The predicted molar refractivity (Wildman–Crippen MR) is 76.5 cm³/mol. The Hall–Kier alpha value is -1.36. The highest BCUT2D eigenvalue weighted by Crippen LogP contribution is 2.33. The average Bonchev–Trinajstić information content (AvgIpc) is 2.27. The van der Waals surface area contributed by atoms with Crippen molar-refractivity contribution in [2.45, 2.75) is 24.3 Å². The Kier molecular flexibility index (Phi) is 3.71. The summed E-state index contributed by atoms with van der Waals surface area (Å²) in [6.45, 7) is 6.18. The van der Waals surface area contributed by atoms with E-state index >= 15 is 0 Å². The lowest BCUT2D eigenvalue weighted by atomic mass is 10.1. The van der Waals surface area contributed by atoms with Crippen LogP contribution >= 0.6 is 11.8 Å². The van der Waals surface area contributed by atoms with Gasteiger partial charge < -0.3 is 15.7 Å². The molecule has 18 heavy (non-hydrogen) atoms. The summed E-state index contributed by atoms with van der Waals surface area (Å²) in [5.41, 5.74) is 7.38. The molecule has 1 fully saturated rings. The van der Waals surface area contributed by atoms with Crippen molar-refractivity contribution in [1.82, 2.24) is 0 Å². The van der Waals surface area contributed by atoms with Gasteiger partial charge in [0.15, 0.2) is 0 Å². The summed E-state index contributed by atoms with van der Waals surface area (Å²) in [6, 6.07) is 5.20. The SMILES string of the molecule is CC1CN(c2cccc(C(=O)O)c2N)CC(C)S1. The molecule has 2 atom stereocenters. The average molecular weight is 266 g/mol. The van der Waals surface area contributed by atoms with Crippen molar-refractivity contribution < 1.29 is 9.90 Å². The molecule has 0 aliphatic carbocycles. The predicted octanol–water partition coefficient (Wildman–Crippen LogP) is 2.30. The molecule has 0 amide bonds. The highest BCUT2D eigenvalue weighted by Gasteiger charge is 2.24. The van der Waals surface area contributed by atoms with Crippen LogP contribution in [0.15, 0.2) is 18.2 Å². The van der Waals surface area contributed by atoms with E-state index in [-0.39, 0.29) is 5.56 Å². The molecule has 5 heteroatoms. The van der Waals surface area contributed by atoms with Crippen LogP contribution in [0.1, 0.15) is 24.2 Å². The molecule has 2 unspecified atom stereocenters. The normalized spacial score (nSPS) is 24.0. The Morgan fingerprint density at radius 3 is 2.56 bits per heavy atom. The van der Waals surface area contributed by atoms with Crippen LogP contribution < -0.4 is 10.6 Å². The lowest BCUT2D eigenvalue weighted by Crippen LogP contribution is -2.40. The van der Waals surface area contributed by atoms with Gasteiger partial charge in [-0.15, -0.1) is 0 Å². The number of anilines is 2. The number of nitrogens with two attached hydrogens (primary N) is 1. The van der Waals surface area contributed by atoms with Crippen molar-refractivity contribution >= 4 is 29.1 Å². The van der Waals surface area contributed by atoms with Gasteiger partial charge in [-0.25, -0.2) is 4.79 Å². The van der Waals surface area contributed by atoms with Crippen molar-refractivity contribution in [2.75, 3.05) is 23.7 Å². The number of thioether (sulfide) groups is 1. The van der Waals surface area contributed by atoms with Crippen LogP contribution in [0, 0.1) is 0 Å². The molecule has 1 aliphatic rings. The van der Waals surface area contributed by atoms with Crippen LogP contribution in [0.25, 0.3) is 0 Å². The summed E-state index contributed by atoms with van der Waals surface area (Å²) in [5.74, 6) is -0.971. The molecule has 3 N–H and O–H groups in total. The molecule has 0 radical (unpaired) electrons. The van der Waals surface area contributed by atoms with Gasteiger partial charge in [-0.05, 0) is 12.1 Å². The summed E-state index contributed by atoms with van der Waals surface area (Å²) in [7, 11) is 0. The lowest BCUT2D eigenvalue weighted by molar-refractivity contribution is 0.0698. The minimum absolute atomic E-state index is 0.186. The van der Waals surface area contributed by atoms with Crippen LogP contribution in [0.5, 0.6) is 0 Å². The zero-order valence-corrected chi connectivity index (χ0v) is 11.4. The van der Waals surface area contributed by atoms with E-state index < -0.39 is 5.97 Å². The Morgan fingerprint density at radius 2 is 2.00 bits per heavy atom. The van der Waals surface area contributed by atoms with E-state index in [1.54, 1.807) is 12.1 Å². The molecule has 0 saturated carbocycles. The monoisotopic (exact) mass is 266 g/mol. The number of benzene rings is 1. The topological polar surface area (TPSA) is 66.6 Å². The fraction of sp³-hybridized carbons (Fsp3) is 0.462. The van der Waals surface area contributed by atoms with Gasteiger partial charge in [0, 0.05) is 23.6 Å². The standard InChI is InChI=1S/C13H18N2O2S/c1-8-6-15(7-9(2)18-8)11-5-3-4-10(12(11)14)13(16)17/h3-5,8-9H,6-7,14H2,1-2H3,(H,16,17). The molecule has 0 aromatic heterocycles. The number of nitrogens with zero attached hydrogens (tertiary/aromatic N) is 1. The summed E-state index contributed by atoms with van der Waals surface area (Å²) in [5, 5.41) is 10.1. The van der Waals surface area contributed by atoms with Crippen LogP contribution in [-0.4, -0.2) is 34.7 Å². The number of para-hydroxylation sites is 1. The Bertz CT molecular complexity index is 454. The highest BCUT2D eigenvalue weighted by atomic mass is 32.2. The summed E-state index contributed by atoms with van der Waals surface area (Å²) in [4.78, 5) is 13.3. The molecular weight excluding hydrogens is 248 g/mol. The first-order chi connectivity index (χ1) is 8.49. The van der Waals surface area contributed by atoms with E-state index in [1.807, 2.05) is 17.8 Å². The maximum Gasteiger partial charge on any atom is 0.337 e. The second-order valence-corrected chi connectivity index (χ2v) is 6.59. The summed E-state index contributed by atoms with van der Waals surface area (Å²) >= 11 is 1.96. The fourth-order valence-corrected chi connectivity index (χ4v) is 3.72. The molecule has 1 heterocycles. The Balaban J connectivity index is 2.33. The maximum absolute atomic E-state index is 11.1. The molecule has 1 aromatic rings. The third-order valence-electron chi connectivity index (χ3n) is 3.07. The van der Waals surface area contributed by atoms with Gasteiger partial charge in [0.1, 0.15) is 0 Å². The van der Waals surface area contributed by atoms with Gasteiger partial charge in [-0.2, -0.15) is 11.8 Å². The largest absolute Gasteiger partial charge is 0.478 e. The maximum atomic E-state index is 11.1. The molecule has 1 aromatic carbocycles. The molecule has 98 valence electrons. The summed E-state index contributed by atoms with van der Waals surface area (Å²) in [6.07, 6.45) is 0.